The van der Waals surface area contributed by atoms with Crippen LogP contribution < -0.4 is 15.0 Å². The number of benzene rings is 1. The highest BCUT2D eigenvalue weighted by molar-refractivity contribution is 5.92. The molecule has 0 saturated carbocycles. The Bertz CT molecular complexity index is 1030. The number of carbonyl (C=O) groups is 1. The molecule has 9 heteroatoms. The predicted octanol–water partition coefficient (Wildman–Crippen LogP) is 2.80. The maximum Gasteiger partial charge on any atom is 0.276 e. The topological polar surface area (TPSA) is 96.6 Å². The molecule has 0 spiro atoms. The van der Waals surface area contributed by atoms with Gasteiger partial charge < -0.3 is 24.4 Å². The number of nitrogens with zero attached hydrogens (tertiary/aromatic N) is 5. The Morgan fingerprint density at radius 2 is 1.80 bits per heavy atom. The smallest absolute Gasteiger partial charge is 0.276 e. The zero-order valence-electron chi connectivity index (χ0n) is 17.3. The van der Waals surface area contributed by atoms with Crippen molar-refractivity contribution >= 4 is 23.4 Å². The van der Waals surface area contributed by atoms with E-state index < -0.39 is 0 Å². The monoisotopic (exact) mass is 408 g/mol. The Balaban J connectivity index is 1.42. The predicted molar refractivity (Wildman–Crippen MR) is 112 cm³/mol. The Morgan fingerprint density at radius 3 is 2.43 bits per heavy atom. The molecule has 3 heterocycles. The molecule has 0 unspecified atom stereocenters. The Kier molecular flexibility index (Phi) is 5.51. The van der Waals surface area contributed by atoms with E-state index in [-0.39, 0.29) is 5.91 Å². The fourth-order valence-corrected chi connectivity index (χ4v) is 3.32. The van der Waals surface area contributed by atoms with Crippen LogP contribution in [0, 0.1) is 13.8 Å². The van der Waals surface area contributed by atoms with Crippen LogP contribution in [0.2, 0.25) is 0 Å². The first-order chi connectivity index (χ1) is 14.5. The first-order valence-electron chi connectivity index (χ1n) is 9.76. The van der Waals surface area contributed by atoms with E-state index in [1.54, 1.807) is 25.0 Å². The van der Waals surface area contributed by atoms with Crippen molar-refractivity contribution in [1.29, 1.82) is 0 Å². The molecule has 1 aromatic carbocycles. The van der Waals surface area contributed by atoms with Crippen LogP contribution in [0.25, 0.3) is 0 Å². The number of carbonyl (C=O) groups excluding carboxylic acids is 1. The highest BCUT2D eigenvalue weighted by Gasteiger charge is 2.25. The van der Waals surface area contributed by atoms with Crippen molar-refractivity contribution in [3.8, 4) is 5.75 Å². The van der Waals surface area contributed by atoms with Crippen molar-refractivity contribution in [3.63, 3.8) is 0 Å². The average Bonchev–Trinajstić information content (AvgIpc) is 3.20. The zero-order chi connectivity index (χ0) is 21.1. The van der Waals surface area contributed by atoms with Gasteiger partial charge in [-0.1, -0.05) is 5.16 Å². The minimum absolute atomic E-state index is 0.112. The molecule has 0 radical (unpaired) electrons. The SMILES string of the molecule is COc1ccc(Nc2cc(C)nc(N3CCN(C(=O)c4cc(C)on4)CC3)n2)cc1. The first kappa shape index (κ1) is 19.7. The van der Waals surface area contributed by atoms with Crippen molar-refractivity contribution in [2.24, 2.45) is 0 Å². The van der Waals surface area contributed by atoms with Gasteiger partial charge in [0.25, 0.3) is 5.91 Å². The van der Waals surface area contributed by atoms with Gasteiger partial charge in [-0.15, -0.1) is 0 Å². The van der Waals surface area contributed by atoms with E-state index in [2.05, 4.69) is 25.3 Å². The summed E-state index contributed by atoms with van der Waals surface area (Å²) >= 11 is 0. The van der Waals surface area contributed by atoms with Crippen LogP contribution in [-0.4, -0.2) is 59.2 Å². The summed E-state index contributed by atoms with van der Waals surface area (Å²) in [5.41, 5.74) is 2.13. The van der Waals surface area contributed by atoms with Gasteiger partial charge in [0.2, 0.25) is 5.95 Å². The number of ether oxygens (including phenoxy) is 1. The number of aromatic nitrogens is 3. The fourth-order valence-electron chi connectivity index (χ4n) is 3.32. The van der Waals surface area contributed by atoms with E-state index in [4.69, 9.17) is 9.26 Å². The summed E-state index contributed by atoms with van der Waals surface area (Å²) in [7, 11) is 1.64. The van der Waals surface area contributed by atoms with Crippen LogP contribution >= 0.6 is 0 Å². The maximum atomic E-state index is 12.5. The van der Waals surface area contributed by atoms with Crippen LogP contribution in [0.15, 0.2) is 40.9 Å². The lowest BCUT2D eigenvalue weighted by Crippen LogP contribution is -2.49. The molecule has 1 N–H and O–H groups in total. The summed E-state index contributed by atoms with van der Waals surface area (Å²) in [6.45, 7) is 6.15. The molecule has 4 rings (SSSR count). The number of aryl methyl sites for hydroxylation is 2. The number of anilines is 3. The van der Waals surface area contributed by atoms with Crippen molar-refractivity contribution < 1.29 is 14.1 Å². The molecule has 1 aliphatic heterocycles. The molecule has 156 valence electrons. The van der Waals surface area contributed by atoms with E-state index in [1.807, 2.05) is 37.3 Å². The highest BCUT2D eigenvalue weighted by Crippen LogP contribution is 2.22. The molecule has 1 fully saturated rings. The van der Waals surface area contributed by atoms with Crippen molar-refractivity contribution in [2.75, 3.05) is 43.5 Å². The summed E-state index contributed by atoms with van der Waals surface area (Å²) in [5.74, 6) is 2.68. The van der Waals surface area contributed by atoms with E-state index in [0.717, 1.165) is 22.9 Å². The summed E-state index contributed by atoms with van der Waals surface area (Å²) < 4.78 is 10.2. The molecule has 2 aromatic heterocycles. The molecule has 1 amide bonds. The third-order valence-corrected chi connectivity index (χ3v) is 4.90. The third kappa shape index (κ3) is 4.35. The number of piperazine rings is 1. The molecule has 1 aliphatic rings. The lowest BCUT2D eigenvalue weighted by atomic mass is 10.2. The third-order valence-electron chi connectivity index (χ3n) is 4.90. The summed E-state index contributed by atoms with van der Waals surface area (Å²) in [6.07, 6.45) is 0. The Morgan fingerprint density at radius 1 is 1.07 bits per heavy atom. The number of hydrogen-bond acceptors (Lipinski definition) is 8. The number of methoxy groups -OCH3 is 1. The van der Waals surface area contributed by atoms with Crippen molar-refractivity contribution in [1.82, 2.24) is 20.0 Å². The van der Waals surface area contributed by atoms with Gasteiger partial charge in [0.15, 0.2) is 5.69 Å². The van der Waals surface area contributed by atoms with Gasteiger partial charge in [0, 0.05) is 49.7 Å². The molecule has 0 bridgehead atoms. The molecule has 0 aliphatic carbocycles. The molecule has 3 aromatic rings. The van der Waals surface area contributed by atoms with E-state index in [0.29, 0.717) is 43.6 Å². The standard InChI is InChI=1S/C21H24N6O3/c1-14-12-19(23-16-4-6-17(29-3)7-5-16)24-21(22-14)27-10-8-26(9-11-27)20(28)18-13-15(2)30-25-18/h4-7,12-13H,8-11H2,1-3H3,(H,22,23,24). The van der Waals surface area contributed by atoms with Crippen molar-refractivity contribution in [2.45, 2.75) is 13.8 Å². The van der Waals surface area contributed by atoms with Crippen molar-refractivity contribution in [3.05, 3.63) is 53.5 Å². The van der Waals surface area contributed by atoms with Gasteiger partial charge in [-0.2, -0.15) is 4.98 Å². The van der Waals surface area contributed by atoms with Gasteiger partial charge in [-0.05, 0) is 38.1 Å². The van der Waals surface area contributed by atoms with Crippen LogP contribution in [0.3, 0.4) is 0 Å². The fraction of sp³-hybridized carbons (Fsp3) is 0.333. The normalized spacial score (nSPS) is 14.0. The van der Waals surface area contributed by atoms with Crippen LogP contribution in [0.5, 0.6) is 5.75 Å². The highest BCUT2D eigenvalue weighted by atomic mass is 16.5. The second-order valence-corrected chi connectivity index (χ2v) is 7.15. The molecule has 30 heavy (non-hydrogen) atoms. The van der Waals surface area contributed by atoms with E-state index in [1.165, 1.54) is 0 Å². The van der Waals surface area contributed by atoms with Crippen LogP contribution in [0.4, 0.5) is 17.5 Å². The summed E-state index contributed by atoms with van der Waals surface area (Å²) in [4.78, 5) is 25.7. The second kappa shape index (κ2) is 8.40. The minimum Gasteiger partial charge on any atom is -0.497 e. The van der Waals surface area contributed by atoms with Crippen LogP contribution in [0.1, 0.15) is 21.9 Å². The van der Waals surface area contributed by atoms with Gasteiger partial charge >= 0.3 is 0 Å². The number of rotatable bonds is 5. The average molecular weight is 408 g/mol. The van der Waals surface area contributed by atoms with Gasteiger partial charge in [-0.3, -0.25) is 4.79 Å². The maximum absolute atomic E-state index is 12.5. The minimum atomic E-state index is -0.112. The van der Waals surface area contributed by atoms with Gasteiger partial charge in [0.05, 0.1) is 7.11 Å². The summed E-state index contributed by atoms with van der Waals surface area (Å²) in [6, 6.07) is 11.2. The second-order valence-electron chi connectivity index (χ2n) is 7.15. The lowest BCUT2D eigenvalue weighted by molar-refractivity contribution is 0.0735. The molecular weight excluding hydrogens is 384 g/mol. The number of hydrogen-bond donors (Lipinski definition) is 1. The zero-order valence-corrected chi connectivity index (χ0v) is 17.3. The van der Waals surface area contributed by atoms with Crippen LogP contribution in [-0.2, 0) is 0 Å². The van der Waals surface area contributed by atoms with Gasteiger partial charge in [0.1, 0.15) is 17.3 Å². The van der Waals surface area contributed by atoms with E-state index in [9.17, 15) is 4.79 Å². The Labute approximate surface area is 174 Å². The summed E-state index contributed by atoms with van der Waals surface area (Å²) in [5, 5.41) is 7.13. The number of nitrogens with one attached hydrogen (secondary N) is 1. The van der Waals surface area contributed by atoms with E-state index >= 15 is 0 Å². The molecule has 9 nitrogen and oxygen atoms in total. The van der Waals surface area contributed by atoms with Gasteiger partial charge in [-0.25, -0.2) is 4.98 Å². The molecular formula is C21H24N6O3. The molecule has 0 atom stereocenters. The first-order valence-corrected chi connectivity index (χ1v) is 9.76. The lowest BCUT2D eigenvalue weighted by Gasteiger charge is -2.34. The Hall–Kier alpha value is -3.62. The quantitative estimate of drug-likeness (QED) is 0.688. The molecule has 1 saturated heterocycles. The number of amides is 1. The largest absolute Gasteiger partial charge is 0.497 e.